The number of nitrogens with one attached hydrogen (secondary N) is 1. The second-order valence-corrected chi connectivity index (χ2v) is 8.07. The van der Waals surface area contributed by atoms with Crippen molar-refractivity contribution in [2.24, 2.45) is 0 Å². The number of nitrogens with zero attached hydrogens (tertiary/aromatic N) is 1. The minimum atomic E-state index is -3.48. The summed E-state index contributed by atoms with van der Waals surface area (Å²) in [6, 6.07) is 11.7. The third kappa shape index (κ3) is 4.80. The van der Waals surface area contributed by atoms with E-state index in [0.29, 0.717) is 11.4 Å². The molecule has 0 bridgehead atoms. The van der Waals surface area contributed by atoms with Gasteiger partial charge in [-0.3, -0.25) is 4.79 Å². The zero-order valence-corrected chi connectivity index (χ0v) is 15.6. The number of aryl methyl sites for hydroxylation is 2. The summed E-state index contributed by atoms with van der Waals surface area (Å²) < 4.78 is 30.7. The Bertz CT molecular complexity index is 859. The van der Waals surface area contributed by atoms with Gasteiger partial charge in [-0.1, -0.05) is 17.7 Å². The van der Waals surface area contributed by atoms with Crippen LogP contribution in [0.2, 0.25) is 0 Å². The van der Waals surface area contributed by atoms with E-state index in [4.69, 9.17) is 4.74 Å². The molecule has 0 aliphatic heterocycles. The van der Waals surface area contributed by atoms with E-state index in [9.17, 15) is 13.2 Å². The Morgan fingerprint density at radius 1 is 1.08 bits per heavy atom. The summed E-state index contributed by atoms with van der Waals surface area (Å²) >= 11 is 0. The first-order valence-electron chi connectivity index (χ1n) is 7.72. The molecule has 0 spiro atoms. The van der Waals surface area contributed by atoms with Gasteiger partial charge in [-0.2, -0.15) is 0 Å². The van der Waals surface area contributed by atoms with Crippen LogP contribution in [0.15, 0.2) is 47.4 Å². The molecule has 7 heteroatoms. The minimum absolute atomic E-state index is 0.123. The Morgan fingerprint density at radius 3 is 2.28 bits per heavy atom. The molecule has 0 radical (unpaired) electrons. The Labute approximate surface area is 148 Å². The maximum atomic E-state index is 12.0. The molecule has 0 saturated heterocycles. The van der Waals surface area contributed by atoms with Gasteiger partial charge in [0.1, 0.15) is 5.75 Å². The third-order valence-electron chi connectivity index (χ3n) is 3.61. The quantitative estimate of drug-likeness (QED) is 0.857. The van der Waals surface area contributed by atoms with E-state index in [-0.39, 0.29) is 17.4 Å². The van der Waals surface area contributed by atoms with Crippen LogP contribution >= 0.6 is 0 Å². The molecule has 2 aromatic carbocycles. The lowest BCUT2D eigenvalue weighted by molar-refractivity contribution is -0.118. The van der Waals surface area contributed by atoms with Crippen LogP contribution in [0.1, 0.15) is 11.1 Å². The van der Waals surface area contributed by atoms with Gasteiger partial charge in [0.2, 0.25) is 10.0 Å². The van der Waals surface area contributed by atoms with Crippen molar-refractivity contribution in [3.63, 3.8) is 0 Å². The van der Waals surface area contributed by atoms with Crippen molar-refractivity contribution in [1.29, 1.82) is 0 Å². The number of benzene rings is 2. The van der Waals surface area contributed by atoms with Gasteiger partial charge >= 0.3 is 0 Å². The molecule has 2 rings (SSSR count). The summed E-state index contributed by atoms with van der Waals surface area (Å²) in [6.45, 7) is 3.79. The zero-order valence-electron chi connectivity index (χ0n) is 14.7. The molecular weight excluding hydrogens is 340 g/mol. The van der Waals surface area contributed by atoms with E-state index in [1.54, 1.807) is 12.1 Å². The highest BCUT2D eigenvalue weighted by molar-refractivity contribution is 7.89. The van der Waals surface area contributed by atoms with E-state index >= 15 is 0 Å². The van der Waals surface area contributed by atoms with Crippen LogP contribution in [-0.2, 0) is 14.8 Å². The van der Waals surface area contributed by atoms with Crippen LogP contribution in [0.4, 0.5) is 5.69 Å². The number of hydrogen-bond donors (Lipinski definition) is 1. The molecule has 0 atom stereocenters. The van der Waals surface area contributed by atoms with Crippen molar-refractivity contribution in [2.45, 2.75) is 18.7 Å². The molecule has 0 heterocycles. The molecule has 6 nitrogen and oxygen atoms in total. The fraction of sp³-hybridized carbons (Fsp3) is 0.278. The van der Waals surface area contributed by atoms with Crippen LogP contribution in [0.5, 0.6) is 5.75 Å². The van der Waals surface area contributed by atoms with E-state index in [1.165, 1.54) is 26.2 Å². The summed E-state index contributed by atoms with van der Waals surface area (Å²) in [5, 5.41) is 2.68. The van der Waals surface area contributed by atoms with Crippen LogP contribution in [-0.4, -0.2) is 39.3 Å². The van der Waals surface area contributed by atoms with Gasteiger partial charge in [-0.25, -0.2) is 12.7 Å². The molecule has 0 aliphatic carbocycles. The summed E-state index contributed by atoms with van der Waals surface area (Å²) in [7, 11) is -0.545. The SMILES string of the molecule is Cc1ccc(OCC(=O)Nc2ccc(S(=O)(=O)N(C)C)cc2)c(C)c1. The molecule has 2 aromatic rings. The Hall–Kier alpha value is -2.38. The van der Waals surface area contributed by atoms with Crippen molar-refractivity contribution in [1.82, 2.24) is 4.31 Å². The van der Waals surface area contributed by atoms with Crippen LogP contribution in [0, 0.1) is 13.8 Å². The minimum Gasteiger partial charge on any atom is -0.483 e. The normalized spacial score (nSPS) is 11.4. The lowest BCUT2D eigenvalue weighted by atomic mass is 10.1. The van der Waals surface area contributed by atoms with Gasteiger partial charge in [-0.15, -0.1) is 0 Å². The molecule has 134 valence electrons. The monoisotopic (exact) mass is 362 g/mol. The number of hydrogen-bond acceptors (Lipinski definition) is 4. The first kappa shape index (κ1) is 19.0. The highest BCUT2D eigenvalue weighted by Crippen LogP contribution is 2.19. The Morgan fingerprint density at radius 2 is 1.72 bits per heavy atom. The average molecular weight is 362 g/mol. The van der Waals surface area contributed by atoms with Crippen molar-refractivity contribution >= 4 is 21.6 Å². The smallest absolute Gasteiger partial charge is 0.262 e. The largest absolute Gasteiger partial charge is 0.483 e. The number of ether oxygens (including phenoxy) is 1. The van der Waals surface area contributed by atoms with Gasteiger partial charge in [0.05, 0.1) is 4.90 Å². The Kier molecular flexibility index (Phi) is 5.81. The van der Waals surface area contributed by atoms with E-state index in [0.717, 1.165) is 15.4 Å². The second-order valence-electron chi connectivity index (χ2n) is 5.92. The lowest BCUT2D eigenvalue weighted by Gasteiger charge is -2.12. The standard InChI is InChI=1S/C18H22N2O4S/c1-13-5-10-17(14(2)11-13)24-12-18(21)19-15-6-8-16(9-7-15)25(22,23)20(3)4/h5-11H,12H2,1-4H3,(H,19,21). The highest BCUT2D eigenvalue weighted by Gasteiger charge is 2.16. The second kappa shape index (κ2) is 7.67. The number of rotatable bonds is 6. The third-order valence-corrected chi connectivity index (χ3v) is 5.44. The van der Waals surface area contributed by atoms with Gasteiger partial charge in [0, 0.05) is 19.8 Å². The van der Waals surface area contributed by atoms with E-state index < -0.39 is 10.0 Å². The predicted molar refractivity (Wildman–Crippen MR) is 97.4 cm³/mol. The number of carbonyl (C=O) groups excluding carboxylic acids is 1. The van der Waals surface area contributed by atoms with Gasteiger partial charge < -0.3 is 10.1 Å². The highest BCUT2D eigenvalue weighted by atomic mass is 32.2. The number of anilines is 1. The fourth-order valence-electron chi connectivity index (χ4n) is 2.22. The predicted octanol–water partition coefficient (Wildman–Crippen LogP) is 2.57. The van der Waals surface area contributed by atoms with E-state index in [1.807, 2.05) is 32.0 Å². The molecule has 0 aromatic heterocycles. The van der Waals surface area contributed by atoms with Crippen LogP contribution in [0.25, 0.3) is 0 Å². The van der Waals surface area contributed by atoms with E-state index in [2.05, 4.69) is 5.32 Å². The molecule has 0 aliphatic rings. The maximum absolute atomic E-state index is 12.0. The fourth-order valence-corrected chi connectivity index (χ4v) is 3.12. The zero-order chi connectivity index (χ0) is 18.6. The lowest BCUT2D eigenvalue weighted by Crippen LogP contribution is -2.22. The molecule has 0 saturated carbocycles. The molecule has 25 heavy (non-hydrogen) atoms. The first-order valence-corrected chi connectivity index (χ1v) is 9.16. The van der Waals surface area contributed by atoms with Gasteiger partial charge in [-0.05, 0) is 49.7 Å². The molecule has 0 unspecified atom stereocenters. The van der Waals surface area contributed by atoms with Gasteiger partial charge in [0.25, 0.3) is 5.91 Å². The number of carbonyl (C=O) groups is 1. The molecule has 0 fully saturated rings. The maximum Gasteiger partial charge on any atom is 0.262 e. The van der Waals surface area contributed by atoms with Crippen LogP contribution < -0.4 is 10.1 Å². The molecule has 1 amide bonds. The van der Waals surface area contributed by atoms with Crippen molar-refractivity contribution in [3.8, 4) is 5.75 Å². The van der Waals surface area contributed by atoms with Crippen molar-refractivity contribution in [3.05, 3.63) is 53.6 Å². The Balaban J connectivity index is 1.97. The van der Waals surface area contributed by atoms with Crippen molar-refractivity contribution in [2.75, 3.05) is 26.0 Å². The summed E-state index contributed by atoms with van der Waals surface area (Å²) in [5.41, 5.74) is 2.60. The topological polar surface area (TPSA) is 75.7 Å². The number of amides is 1. The van der Waals surface area contributed by atoms with Crippen molar-refractivity contribution < 1.29 is 17.9 Å². The summed E-state index contributed by atoms with van der Waals surface area (Å²) in [4.78, 5) is 12.2. The molecule has 1 N–H and O–H groups in total. The first-order chi connectivity index (χ1) is 11.7. The average Bonchev–Trinajstić information content (AvgIpc) is 2.54. The summed E-state index contributed by atoms with van der Waals surface area (Å²) in [6.07, 6.45) is 0. The number of sulfonamides is 1. The van der Waals surface area contributed by atoms with Gasteiger partial charge in [0.15, 0.2) is 6.61 Å². The molecular formula is C18H22N2O4S. The summed E-state index contributed by atoms with van der Waals surface area (Å²) in [5.74, 6) is 0.344. The van der Waals surface area contributed by atoms with Crippen LogP contribution in [0.3, 0.4) is 0 Å².